The van der Waals surface area contributed by atoms with E-state index in [1.807, 2.05) is 0 Å². The third-order valence-corrected chi connectivity index (χ3v) is 6.67. The van der Waals surface area contributed by atoms with E-state index in [4.69, 9.17) is 9.73 Å². The van der Waals surface area contributed by atoms with Crippen LogP contribution in [0.15, 0.2) is 29.3 Å². The molecule has 1 aliphatic carbocycles. The fourth-order valence-electron chi connectivity index (χ4n) is 4.31. The van der Waals surface area contributed by atoms with Crippen LogP contribution in [-0.2, 0) is 17.8 Å². The van der Waals surface area contributed by atoms with Gasteiger partial charge in [0.25, 0.3) is 0 Å². The molecule has 6 nitrogen and oxygen atoms in total. The number of hydrogen-bond acceptors (Lipinski definition) is 4. The quantitative estimate of drug-likeness (QED) is 0.455. The van der Waals surface area contributed by atoms with E-state index in [-0.39, 0.29) is 0 Å². The lowest BCUT2D eigenvalue weighted by molar-refractivity contribution is 0.0732. The maximum atomic E-state index is 5.32. The van der Waals surface area contributed by atoms with Gasteiger partial charge in [-0.1, -0.05) is 30.7 Å². The number of methoxy groups -OCH3 is 1. The maximum absolute atomic E-state index is 5.32. The number of guanidine groups is 1. The van der Waals surface area contributed by atoms with E-state index in [9.17, 15) is 0 Å². The Morgan fingerprint density at radius 2 is 1.77 bits per heavy atom. The van der Waals surface area contributed by atoms with Crippen molar-refractivity contribution in [3.63, 3.8) is 0 Å². The molecule has 2 N–H and O–H groups in total. The van der Waals surface area contributed by atoms with E-state index in [1.54, 1.807) is 7.11 Å². The van der Waals surface area contributed by atoms with Crippen molar-refractivity contribution >= 4 is 5.96 Å². The second-order valence-corrected chi connectivity index (χ2v) is 9.04. The molecule has 0 spiro atoms. The zero-order valence-electron chi connectivity index (χ0n) is 19.3. The minimum Gasteiger partial charge on any atom is -0.385 e. The Labute approximate surface area is 183 Å². The summed E-state index contributed by atoms with van der Waals surface area (Å²) in [5.41, 5.74) is 3.03. The summed E-state index contributed by atoms with van der Waals surface area (Å²) in [6.07, 6.45) is 5.04. The molecule has 0 radical (unpaired) electrons. The highest BCUT2D eigenvalue weighted by molar-refractivity contribution is 5.79. The molecule has 3 rings (SSSR count). The third-order valence-electron chi connectivity index (χ3n) is 6.67. The summed E-state index contributed by atoms with van der Waals surface area (Å²) in [7, 11) is 4.00. The fraction of sp³-hybridized carbons (Fsp3) is 0.708. The Hall–Kier alpha value is -1.63. The Bertz CT molecular complexity index is 648. The highest BCUT2D eigenvalue weighted by Crippen LogP contribution is 2.43. The smallest absolute Gasteiger partial charge is 0.191 e. The van der Waals surface area contributed by atoms with Crippen LogP contribution < -0.4 is 10.6 Å². The molecule has 1 saturated carbocycles. The van der Waals surface area contributed by atoms with Crippen molar-refractivity contribution in [3.8, 4) is 0 Å². The minimum absolute atomic E-state index is 0.386. The summed E-state index contributed by atoms with van der Waals surface area (Å²) < 4.78 is 5.32. The number of ether oxygens (including phenoxy) is 1. The summed E-state index contributed by atoms with van der Waals surface area (Å²) in [5.74, 6) is 0.919. The first kappa shape index (κ1) is 23.0. The number of rotatable bonds is 10. The van der Waals surface area contributed by atoms with Crippen molar-refractivity contribution in [1.29, 1.82) is 0 Å². The van der Waals surface area contributed by atoms with Crippen molar-refractivity contribution in [3.05, 3.63) is 35.4 Å². The van der Waals surface area contributed by atoms with Crippen molar-refractivity contribution in [1.82, 2.24) is 20.4 Å². The molecule has 30 heavy (non-hydrogen) atoms. The molecule has 1 aromatic carbocycles. The topological polar surface area (TPSA) is 52.1 Å². The molecule has 0 unspecified atom stereocenters. The number of likely N-dealkylation sites (N-methyl/N-ethyl adjacent to an activating group) is 1. The number of nitrogens with zero attached hydrogens (tertiary/aromatic N) is 3. The first-order valence-corrected chi connectivity index (χ1v) is 11.6. The van der Waals surface area contributed by atoms with Gasteiger partial charge in [0.2, 0.25) is 0 Å². The van der Waals surface area contributed by atoms with Gasteiger partial charge in [0.15, 0.2) is 5.96 Å². The fourth-order valence-corrected chi connectivity index (χ4v) is 4.31. The second-order valence-electron chi connectivity index (χ2n) is 9.04. The van der Waals surface area contributed by atoms with Crippen LogP contribution in [0.25, 0.3) is 0 Å². The molecule has 1 heterocycles. The predicted octanol–water partition coefficient (Wildman–Crippen LogP) is 2.70. The van der Waals surface area contributed by atoms with Gasteiger partial charge in [-0.2, -0.15) is 0 Å². The van der Waals surface area contributed by atoms with Gasteiger partial charge in [0.05, 0.1) is 6.54 Å². The van der Waals surface area contributed by atoms with E-state index in [2.05, 4.69) is 58.7 Å². The van der Waals surface area contributed by atoms with Crippen LogP contribution in [0.2, 0.25) is 0 Å². The van der Waals surface area contributed by atoms with Gasteiger partial charge in [0, 0.05) is 59.5 Å². The molecule has 0 aromatic heterocycles. The molecule has 1 aliphatic heterocycles. The normalized spacial score (nSPS) is 20.0. The lowest BCUT2D eigenvalue weighted by Gasteiger charge is -2.42. The number of hydrogen-bond donors (Lipinski definition) is 2. The van der Waals surface area contributed by atoms with Gasteiger partial charge in [-0.15, -0.1) is 0 Å². The first-order valence-electron chi connectivity index (χ1n) is 11.6. The number of nitrogens with one attached hydrogen (secondary N) is 2. The van der Waals surface area contributed by atoms with Crippen LogP contribution in [0.4, 0.5) is 0 Å². The SMILES string of the molecule is CCNC(=NCc1ccc(CN2CCN(C)CC2)cc1)NCC1(CCOC)CCC1. The summed E-state index contributed by atoms with van der Waals surface area (Å²) >= 11 is 0. The van der Waals surface area contributed by atoms with Crippen LogP contribution in [0.5, 0.6) is 0 Å². The highest BCUT2D eigenvalue weighted by Gasteiger charge is 2.36. The van der Waals surface area contributed by atoms with Crippen molar-refractivity contribution < 1.29 is 4.74 Å². The molecule has 1 aromatic rings. The van der Waals surface area contributed by atoms with Gasteiger partial charge in [-0.3, -0.25) is 4.90 Å². The average molecular weight is 416 g/mol. The highest BCUT2D eigenvalue weighted by atomic mass is 16.5. The summed E-state index contributed by atoms with van der Waals surface area (Å²) in [4.78, 5) is 9.77. The Morgan fingerprint density at radius 3 is 2.37 bits per heavy atom. The van der Waals surface area contributed by atoms with Crippen molar-refractivity contribution in [2.75, 3.05) is 60.0 Å². The lowest BCUT2D eigenvalue weighted by atomic mass is 9.67. The van der Waals surface area contributed by atoms with E-state index in [0.29, 0.717) is 12.0 Å². The molecule has 168 valence electrons. The first-order chi connectivity index (χ1) is 14.6. The molecule has 0 bridgehead atoms. The van der Waals surface area contributed by atoms with E-state index >= 15 is 0 Å². The minimum atomic E-state index is 0.386. The van der Waals surface area contributed by atoms with Crippen LogP contribution in [0, 0.1) is 5.41 Å². The van der Waals surface area contributed by atoms with Gasteiger partial charge in [-0.25, -0.2) is 4.99 Å². The molecule has 2 aliphatic rings. The largest absolute Gasteiger partial charge is 0.385 e. The summed E-state index contributed by atoms with van der Waals surface area (Å²) in [6.45, 7) is 11.2. The van der Waals surface area contributed by atoms with Crippen LogP contribution in [0.3, 0.4) is 0 Å². The number of aliphatic imine (C=N–C) groups is 1. The molecular weight excluding hydrogens is 374 g/mol. The Balaban J connectivity index is 1.49. The van der Waals surface area contributed by atoms with Crippen molar-refractivity contribution in [2.24, 2.45) is 10.4 Å². The molecule has 0 atom stereocenters. The Kier molecular flexibility index (Phi) is 8.97. The van der Waals surface area contributed by atoms with Crippen molar-refractivity contribution in [2.45, 2.75) is 45.7 Å². The van der Waals surface area contributed by atoms with Gasteiger partial charge >= 0.3 is 0 Å². The zero-order chi connectivity index (χ0) is 21.2. The lowest BCUT2D eigenvalue weighted by Crippen LogP contribution is -2.46. The predicted molar refractivity (Wildman–Crippen MR) is 125 cm³/mol. The monoisotopic (exact) mass is 415 g/mol. The maximum Gasteiger partial charge on any atom is 0.191 e. The second kappa shape index (κ2) is 11.7. The summed E-state index contributed by atoms with van der Waals surface area (Å²) in [6, 6.07) is 8.98. The van der Waals surface area contributed by atoms with Gasteiger partial charge < -0.3 is 20.3 Å². The molecule has 1 saturated heterocycles. The molecule has 6 heteroatoms. The van der Waals surface area contributed by atoms with Gasteiger partial charge in [-0.05, 0) is 49.8 Å². The van der Waals surface area contributed by atoms with Crippen LogP contribution in [0.1, 0.15) is 43.7 Å². The molecule has 0 amide bonds. The number of benzene rings is 1. The molecule has 2 fully saturated rings. The van der Waals surface area contributed by atoms with Crippen LogP contribution in [-0.4, -0.2) is 75.8 Å². The average Bonchev–Trinajstić information content (AvgIpc) is 2.73. The standard InChI is InChI=1S/C24H41N5O/c1-4-25-23(27-20-24(10-5-11-24)12-17-30-3)26-18-21-6-8-22(9-7-21)19-29-15-13-28(2)14-16-29/h6-9H,4-5,10-20H2,1-3H3,(H2,25,26,27). The Morgan fingerprint density at radius 1 is 1.07 bits per heavy atom. The number of piperazine rings is 1. The molecular formula is C24H41N5O. The van der Waals surface area contributed by atoms with E-state index in [1.165, 1.54) is 43.5 Å². The van der Waals surface area contributed by atoms with Crippen LogP contribution >= 0.6 is 0 Å². The zero-order valence-corrected chi connectivity index (χ0v) is 19.3. The van der Waals surface area contributed by atoms with E-state index in [0.717, 1.165) is 51.7 Å². The van der Waals surface area contributed by atoms with Gasteiger partial charge in [0.1, 0.15) is 0 Å². The summed E-state index contributed by atoms with van der Waals surface area (Å²) in [5, 5.41) is 6.98. The third kappa shape index (κ3) is 6.96. The van der Waals surface area contributed by atoms with E-state index < -0.39 is 0 Å².